The van der Waals surface area contributed by atoms with Crippen molar-refractivity contribution in [2.24, 2.45) is 0 Å². The molecule has 0 spiro atoms. The first-order valence-electron chi connectivity index (χ1n) is 7.41. The van der Waals surface area contributed by atoms with Gasteiger partial charge in [0.1, 0.15) is 0 Å². The van der Waals surface area contributed by atoms with E-state index in [-0.39, 0.29) is 6.04 Å². The van der Waals surface area contributed by atoms with Crippen molar-refractivity contribution in [3.05, 3.63) is 64.7 Å². The van der Waals surface area contributed by atoms with Crippen LogP contribution in [0.25, 0.3) is 10.2 Å². The van der Waals surface area contributed by atoms with Gasteiger partial charge in [-0.05, 0) is 48.5 Å². The quantitative estimate of drug-likeness (QED) is 0.738. The van der Waals surface area contributed by atoms with Crippen molar-refractivity contribution >= 4 is 21.6 Å². The number of pyridine rings is 1. The molecule has 3 heteroatoms. The summed E-state index contributed by atoms with van der Waals surface area (Å²) in [7, 11) is 0. The van der Waals surface area contributed by atoms with E-state index in [4.69, 9.17) is 0 Å². The molecule has 0 bridgehead atoms. The maximum absolute atomic E-state index is 4.58. The minimum absolute atomic E-state index is 0.213. The Labute approximate surface area is 129 Å². The molecule has 0 fully saturated rings. The predicted molar refractivity (Wildman–Crippen MR) is 90.9 cm³/mol. The normalized spacial score (nSPS) is 12.7. The lowest BCUT2D eigenvalue weighted by molar-refractivity contribution is 0.598. The molecule has 3 rings (SSSR count). The Morgan fingerprint density at radius 1 is 1.14 bits per heavy atom. The third-order valence-corrected chi connectivity index (χ3v) is 4.52. The summed E-state index contributed by atoms with van der Waals surface area (Å²) in [5.74, 6) is 0. The molecule has 1 aromatic carbocycles. The van der Waals surface area contributed by atoms with Gasteiger partial charge in [0.2, 0.25) is 0 Å². The summed E-state index contributed by atoms with van der Waals surface area (Å²) in [4.78, 5) is 4.58. The first-order valence-corrected chi connectivity index (χ1v) is 8.29. The summed E-state index contributed by atoms with van der Waals surface area (Å²) in [6.45, 7) is 5.32. The van der Waals surface area contributed by atoms with Crippen molar-refractivity contribution in [3.63, 3.8) is 0 Å². The molecule has 0 amide bonds. The number of fused-ring (bicyclic) bond motifs is 1. The van der Waals surface area contributed by atoms with E-state index in [1.807, 2.05) is 6.20 Å². The molecule has 1 N–H and O–H groups in total. The molecular formula is C18H20N2S. The van der Waals surface area contributed by atoms with E-state index in [1.165, 1.54) is 21.4 Å². The molecule has 3 aromatic rings. The number of benzene rings is 1. The van der Waals surface area contributed by atoms with Gasteiger partial charge in [0.15, 0.2) is 0 Å². The average Bonchev–Trinajstić information content (AvgIpc) is 2.97. The molecule has 1 atom stereocenters. The topological polar surface area (TPSA) is 24.9 Å². The van der Waals surface area contributed by atoms with E-state index in [0.29, 0.717) is 0 Å². The molecule has 0 radical (unpaired) electrons. The maximum Gasteiger partial charge on any atom is 0.0809 e. The van der Waals surface area contributed by atoms with Crippen LogP contribution in [0.15, 0.2) is 48.0 Å². The van der Waals surface area contributed by atoms with Crippen molar-refractivity contribution < 1.29 is 0 Å². The standard InChI is InChI=1S/C18H20N2S/c1-3-9-19-18(14-6-4-13(2)5-7-14)15-11-17-16(20-12-15)8-10-21-17/h4-8,10-12,18-19H,3,9H2,1-2H3. The molecule has 1 unspecified atom stereocenters. The number of aryl methyl sites for hydroxylation is 1. The van der Waals surface area contributed by atoms with E-state index in [2.05, 4.69) is 65.9 Å². The second kappa shape index (κ2) is 6.37. The Kier molecular flexibility index (Phi) is 4.32. The van der Waals surface area contributed by atoms with Crippen molar-refractivity contribution in [3.8, 4) is 0 Å². The molecule has 2 aromatic heterocycles. The van der Waals surface area contributed by atoms with E-state index in [9.17, 15) is 0 Å². The fourth-order valence-electron chi connectivity index (χ4n) is 2.50. The Hall–Kier alpha value is -1.71. The van der Waals surface area contributed by atoms with Gasteiger partial charge in [-0.15, -0.1) is 11.3 Å². The number of hydrogen-bond donors (Lipinski definition) is 1. The van der Waals surface area contributed by atoms with Crippen molar-refractivity contribution in [2.45, 2.75) is 26.3 Å². The zero-order chi connectivity index (χ0) is 14.7. The van der Waals surface area contributed by atoms with Crippen LogP contribution in [-0.2, 0) is 0 Å². The molecule has 0 saturated heterocycles. The van der Waals surface area contributed by atoms with Crippen LogP contribution < -0.4 is 5.32 Å². The SMILES string of the molecule is CCCNC(c1ccc(C)cc1)c1cnc2ccsc2c1. The summed E-state index contributed by atoms with van der Waals surface area (Å²) >= 11 is 1.75. The van der Waals surface area contributed by atoms with Crippen molar-refractivity contribution in [1.29, 1.82) is 0 Å². The van der Waals surface area contributed by atoms with E-state index in [0.717, 1.165) is 18.5 Å². The van der Waals surface area contributed by atoms with Gasteiger partial charge in [-0.3, -0.25) is 4.98 Å². The Balaban J connectivity index is 1.99. The average molecular weight is 296 g/mol. The van der Waals surface area contributed by atoms with Gasteiger partial charge in [0.25, 0.3) is 0 Å². The number of nitrogens with zero attached hydrogens (tertiary/aromatic N) is 1. The highest BCUT2D eigenvalue weighted by Gasteiger charge is 2.14. The zero-order valence-corrected chi connectivity index (χ0v) is 13.3. The fourth-order valence-corrected chi connectivity index (χ4v) is 3.28. The van der Waals surface area contributed by atoms with E-state index >= 15 is 0 Å². The van der Waals surface area contributed by atoms with Crippen LogP contribution in [0.2, 0.25) is 0 Å². The third kappa shape index (κ3) is 3.14. The summed E-state index contributed by atoms with van der Waals surface area (Å²) in [6.07, 6.45) is 3.12. The second-order valence-corrected chi connectivity index (χ2v) is 6.32. The first kappa shape index (κ1) is 14.2. The van der Waals surface area contributed by atoms with Crippen LogP contribution in [0.1, 0.15) is 36.1 Å². The monoisotopic (exact) mass is 296 g/mol. The number of nitrogens with one attached hydrogen (secondary N) is 1. The zero-order valence-electron chi connectivity index (χ0n) is 12.5. The van der Waals surface area contributed by atoms with Crippen LogP contribution in [-0.4, -0.2) is 11.5 Å². The van der Waals surface area contributed by atoms with Crippen LogP contribution in [0.4, 0.5) is 0 Å². The Morgan fingerprint density at radius 2 is 1.95 bits per heavy atom. The lowest BCUT2D eigenvalue weighted by Gasteiger charge is -2.19. The summed E-state index contributed by atoms with van der Waals surface area (Å²) < 4.78 is 1.25. The molecule has 21 heavy (non-hydrogen) atoms. The molecule has 0 aliphatic carbocycles. The lowest BCUT2D eigenvalue weighted by atomic mass is 9.99. The highest BCUT2D eigenvalue weighted by molar-refractivity contribution is 7.17. The smallest absolute Gasteiger partial charge is 0.0809 e. The summed E-state index contributed by atoms with van der Waals surface area (Å²) in [5.41, 5.74) is 4.91. The van der Waals surface area contributed by atoms with Crippen molar-refractivity contribution in [1.82, 2.24) is 10.3 Å². The van der Waals surface area contributed by atoms with E-state index < -0.39 is 0 Å². The largest absolute Gasteiger partial charge is 0.306 e. The van der Waals surface area contributed by atoms with Gasteiger partial charge < -0.3 is 5.32 Å². The van der Waals surface area contributed by atoms with Gasteiger partial charge in [-0.1, -0.05) is 36.8 Å². The highest BCUT2D eigenvalue weighted by atomic mass is 32.1. The first-order chi connectivity index (χ1) is 10.3. The molecule has 0 saturated carbocycles. The second-order valence-electron chi connectivity index (χ2n) is 5.37. The minimum Gasteiger partial charge on any atom is -0.306 e. The van der Waals surface area contributed by atoms with Gasteiger partial charge in [-0.25, -0.2) is 0 Å². The van der Waals surface area contributed by atoms with Gasteiger partial charge in [0.05, 0.1) is 16.3 Å². The summed E-state index contributed by atoms with van der Waals surface area (Å²) in [5, 5.41) is 5.74. The molecular weight excluding hydrogens is 276 g/mol. The van der Waals surface area contributed by atoms with Gasteiger partial charge >= 0.3 is 0 Å². The molecule has 108 valence electrons. The van der Waals surface area contributed by atoms with Gasteiger partial charge in [0, 0.05) is 6.20 Å². The predicted octanol–water partition coefficient (Wildman–Crippen LogP) is 4.69. The van der Waals surface area contributed by atoms with Crippen LogP contribution in [0, 0.1) is 6.92 Å². The Morgan fingerprint density at radius 3 is 2.71 bits per heavy atom. The fraction of sp³-hybridized carbons (Fsp3) is 0.278. The third-order valence-electron chi connectivity index (χ3n) is 3.67. The highest BCUT2D eigenvalue weighted by Crippen LogP contribution is 2.27. The number of rotatable bonds is 5. The van der Waals surface area contributed by atoms with Crippen LogP contribution in [0.3, 0.4) is 0 Å². The van der Waals surface area contributed by atoms with Crippen LogP contribution in [0.5, 0.6) is 0 Å². The Bertz CT molecular complexity index is 715. The molecule has 0 aliphatic rings. The van der Waals surface area contributed by atoms with Gasteiger partial charge in [-0.2, -0.15) is 0 Å². The maximum atomic E-state index is 4.58. The van der Waals surface area contributed by atoms with E-state index in [1.54, 1.807) is 11.3 Å². The number of hydrogen-bond acceptors (Lipinski definition) is 3. The summed E-state index contributed by atoms with van der Waals surface area (Å²) in [6, 6.07) is 13.3. The molecule has 0 aliphatic heterocycles. The number of aromatic nitrogens is 1. The lowest BCUT2D eigenvalue weighted by Crippen LogP contribution is -2.23. The van der Waals surface area contributed by atoms with Crippen molar-refractivity contribution in [2.75, 3.05) is 6.54 Å². The molecule has 2 heterocycles. The number of thiophene rings is 1. The minimum atomic E-state index is 0.213. The molecule has 2 nitrogen and oxygen atoms in total. The van der Waals surface area contributed by atoms with Crippen LogP contribution >= 0.6 is 11.3 Å².